The Kier molecular flexibility index (Phi) is 5.20. The van der Waals surface area contributed by atoms with Gasteiger partial charge in [0.05, 0.1) is 6.04 Å². The molecule has 0 bridgehead atoms. The van der Waals surface area contributed by atoms with Crippen LogP contribution in [-0.2, 0) is 4.79 Å². The Hall–Kier alpha value is -2.18. The molecular formula is C18H28N6O. The summed E-state index contributed by atoms with van der Waals surface area (Å²) in [5.74, 6) is 1.76. The molecule has 7 heteroatoms. The monoisotopic (exact) mass is 344 g/mol. The molecule has 1 saturated heterocycles. The highest BCUT2D eigenvalue weighted by atomic mass is 16.2. The Morgan fingerprint density at radius 2 is 2.08 bits per heavy atom. The van der Waals surface area contributed by atoms with Gasteiger partial charge in [0.1, 0.15) is 24.5 Å². The van der Waals surface area contributed by atoms with E-state index in [0.717, 1.165) is 31.8 Å². The fraction of sp³-hybridized carbons (Fsp3) is 0.667. The summed E-state index contributed by atoms with van der Waals surface area (Å²) < 4.78 is 3.94. The molecule has 0 N–H and O–H groups in total. The maximum Gasteiger partial charge on any atom is 0.247 e. The number of piperidine rings is 1. The van der Waals surface area contributed by atoms with Crippen molar-refractivity contribution in [3.8, 4) is 0 Å². The van der Waals surface area contributed by atoms with Crippen molar-refractivity contribution >= 4 is 5.91 Å². The van der Waals surface area contributed by atoms with Gasteiger partial charge in [-0.3, -0.25) is 4.79 Å². The van der Waals surface area contributed by atoms with Crippen molar-refractivity contribution in [3.05, 3.63) is 30.9 Å². The van der Waals surface area contributed by atoms with E-state index in [4.69, 9.17) is 0 Å². The normalized spacial score (nSPS) is 19.6. The molecule has 25 heavy (non-hydrogen) atoms. The van der Waals surface area contributed by atoms with Gasteiger partial charge in [0.25, 0.3) is 0 Å². The molecule has 136 valence electrons. The summed E-state index contributed by atoms with van der Waals surface area (Å²) >= 11 is 0. The zero-order valence-electron chi connectivity index (χ0n) is 15.5. The van der Waals surface area contributed by atoms with E-state index >= 15 is 0 Å². The van der Waals surface area contributed by atoms with Crippen LogP contribution in [0.1, 0.15) is 64.4 Å². The number of likely N-dealkylation sites (tertiary alicyclic amines) is 1. The summed E-state index contributed by atoms with van der Waals surface area (Å²) in [4.78, 5) is 23.7. The van der Waals surface area contributed by atoms with Crippen molar-refractivity contribution in [1.82, 2.24) is 29.2 Å². The molecule has 1 amide bonds. The third-order valence-corrected chi connectivity index (χ3v) is 4.92. The highest BCUT2D eigenvalue weighted by Crippen LogP contribution is 2.28. The third-order valence-electron chi connectivity index (χ3n) is 4.92. The van der Waals surface area contributed by atoms with Crippen LogP contribution in [0.3, 0.4) is 0 Å². The van der Waals surface area contributed by atoms with Crippen molar-refractivity contribution in [1.29, 1.82) is 0 Å². The average Bonchev–Trinajstić information content (AvgIpc) is 3.26. The second kappa shape index (κ2) is 7.37. The van der Waals surface area contributed by atoms with Gasteiger partial charge in [-0.1, -0.05) is 27.7 Å². The van der Waals surface area contributed by atoms with Gasteiger partial charge in [0.2, 0.25) is 5.91 Å². The standard InChI is InChI=1S/C18H28N6O/c1-13(2)16(24-12-19-11-21-24)18(25)22-8-5-6-15(10-22)23-9-7-20-17(23)14(3)4/h7,9,11-16H,5-6,8,10H2,1-4H3. The first-order valence-corrected chi connectivity index (χ1v) is 9.14. The van der Waals surface area contributed by atoms with Gasteiger partial charge in [-0.05, 0) is 18.8 Å². The quantitative estimate of drug-likeness (QED) is 0.836. The molecule has 1 fully saturated rings. The van der Waals surface area contributed by atoms with Crippen LogP contribution in [-0.4, -0.2) is 48.2 Å². The minimum absolute atomic E-state index is 0.136. The van der Waals surface area contributed by atoms with Crippen LogP contribution in [0.5, 0.6) is 0 Å². The molecule has 0 radical (unpaired) electrons. The van der Waals surface area contributed by atoms with E-state index in [9.17, 15) is 4.79 Å². The van der Waals surface area contributed by atoms with Crippen LogP contribution in [0, 0.1) is 5.92 Å². The van der Waals surface area contributed by atoms with Crippen molar-refractivity contribution < 1.29 is 4.79 Å². The maximum atomic E-state index is 13.2. The molecule has 2 atom stereocenters. The van der Waals surface area contributed by atoms with E-state index in [2.05, 4.69) is 47.3 Å². The first-order valence-electron chi connectivity index (χ1n) is 9.14. The molecule has 1 aliphatic rings. The summed E-state index contributed by atoms with van der Waals surface area (Å²) in [6.07, 6.45) is 9.12. The molecule has 2 aromatic rings. The van der Waals surface area contributed by atoms with Gasteiger partial charge < -0.3 is 9.47 Å². The molecule has 1 aliphatic heterocycles. The van der Waals surface area contributed by atoms with Crippen LogP contribution in [0.25, 0.3) is 0 Å². The van der Waals surface area contributed by atoms with E-state index in [0.29, 0.717) is 12.0 Å². The third kappa shape index (κ3) is 3.60. The minimum atomic E-state index is -0.298. The van der Waals surface area contributed by atoms with Crippen molar-refractivity contribution in [2.24, 2.45) is 5.92 Å². The van der Waals surface area contributed by atoms with E-state index in [-0.39, 0.29) is 17.9 Å². The van der Waals surface area contributed by atoms with Crippen LogP contribution in [0.15, 0.2) is 25.0 Å². The lowest BCUT2D eigenvalue weighted by atomic mass is 9.99. The van der Waals surface area contributed by atoms with Crippen molar-refractivity contribution in [2.45, 2.75) is 58.5 Å². The summed E-state index contributed by atoms with van der Waals surface area (Å²) in [5.41, 5.74) is 0. The van der Waals surface area contributed by atoms with Crippen LogP contribution in [0.4, 0.5) is 0 Å². The zero-order valence-corrected chi connectivity index (χ0v) is 15.5. The highest BCUT2D eigenvalue weighted by Gasteiger charge is 2.33. The molecule has 0 saturated carbocycles. The second-order valence-electron chi connectivity index (χ2n) is 7.49. The largest absolute Gasteiger partial charge is 0.339 e. The van der Waals surface area contributed by atoms with Gasteiger partial charge in [0, 0.05) is 31.4 Å². The Morgan fingerprint density at radius 1 is 1.28 bits per heavy atom. The number of aromatic nitrogens is 5. The van der Waals surface area contributed by atoms with Crippen molar-refractivity contribution in [2.75, 3.05) is 13.1 Å². The van der Waals surface area contributed by atoms with E-state index in [1.807, 2.05) is 17.3 Å². The van der Waals surface area contributed by atoms with E-state index in [1.165, 1.54) is 6.33 Å². The Morgan fingerprint density at radius 3 is 2.72 bits per heavy atom. The molecular weight excluding hydrogens is 316 g/mol. The molecule has 0 aliphatic carbocycles. The summed E-state index contributed by atoms with van der Waals surface area (Å²) in [5, 5.41) is 4.20. The SMILES string of the molecule is CC(C)c1nccn1C1CCCN(C(=O)C(C(C)C)n2cncn2)C1. The number of rotatable bonds is 5. The number of carbonyl (C=O) groups excluding carboxylic acids is 1. The second-order valence-corrected chi connectivity index (χ2v) is 7.49. The molecule has 2 aromatic heterocycles. The number of hydrogen-bond donors (Lipinski definition) is 0. The maximum absolute atomic E-state index is 13.2. The van der Waals surface area contributed by atoms with Gasteiger partial charge in [0.15, 0.2) is 0 Å². The van der Waals surface area contributed by atoms with E-state index in [1.54, 1.807) is 11.0 Å². The van der Waals surface area contributed by atoms with Gasteiger partial charge >= 0.3 is 0 Å². The lowest BCUT2D eigenvalue weighted by molar-refractivity contribution is -0.138. The number of carbonyl (C=O) groups is 1. The van der Waals surface area contributed by atoms with Gasteiger partial charge in [-0.15, -0.1) is 0 Å². The minimum Gasteiger partial charge on any atom is -0.339 e. The average molecular weight is 344 g/mol. The van der Waals surface area contributed by atoms with Gasteiger partial charge in [-0.2, -0.15) is 5.10 Å². The van der Waals surface area contributed by atoms with E-state index < -0.39 is 0 Å². The number of amides is 1. The molecule has 7 nitrogen and oxygen atoms in total. The first-order chi connectivity index (χ1) is 12.0. The summed E-state index contributed by atoms with van der Waals surface area (Å²) in [6.45, 7) is 9.96. The number of nitrogens with zero attached hydrogens (tertiary/aromatic N) is 6. The van der Waals surface area contributed by atoms with Crippen molar-refractivity contribution in [3.63, 3.8) is 0 Å². The van der Waals surface area contributed by atoms with Gasteiger partial charge in [-0.25, -0.2) is 14.6 Å². The Bertz CT molecular complexity index is 690. The fourth-order valence-electron chi connectivity index (χ4n) is 3.71. The Labute approximate surface area is 149 Å². The number of imidazole rings is 1. The molecule has 0 spiro atoms. The predicted octanol–water partition coefficient (Wildman–Crippen LogP) is 2.66. The molecule has 0 aromatic carbocycles. The van der Waals surface area contributed by atoms with Crippen LogP contribution < -0.4 is 0 Å². The summed E-state index contributed by atoms with van der Waals surface area (Å²) in [7, 11) is 0. The lowest BCUT2D eigenvalue weighted by Gasteiger charge is -2.37. The van der Waals surface area contributed by atoms with Crippen LogP contribution >= 0.6 is 0 Å². The Balaban J connectivity index is 1.78. The fourth-order valence-corrected chi connectivity index (χ4v) is 3.71. The predicted molar refractivity (Wildman–Crippen MR) is 95.1 cm³/mol. The van der Waals surface area contributed by atoms with Crippen LogP contribution in [0.2, 0.25) is 0 Å². The first kappa shape index (κ1) is 17.6. The molecule has 3 rings (SSSR count). The lowest BCUT2D eigenvalue weighted by Crippen LogP contribution is -2.45. The number of hydrogen-bond acceptors (Lipinski definition) is 4. The highest BCUT2D eigenvalue weighted by molar-refractivity contribution is 5.80. The molecule has 2 unspecified atom stereocenters. The zero-order chi connectivity index (χ0) is 18.0. The summed E-state index contributed by atoms with van der Waals surface area (Å²) in [6, 6.07) is -0.00485. The topological polar surface area (TPSA) is 68.8 Å². The smallest absolute Gasteiger partial charge is 0.247 e. The molecule has 3 heterocycles.